The van der Waals surface area contributed by atoms with E-state index in [1.165, 1.54) is 11.9 Å². The monoisotopic (exact) mass is 271 g/mol. The van der Waals surface area contributed by atoms with E-state index in [9.17, 15) is 0 Å². The van der Waals surface area contributed by atoms with Crippen LogP contribution in [0.3, 0.4) is 0 Å². The molecule has 20 heavy (non-hydrogen) atoms. The summed E-state index contributed by atoms with van der Waals surface area (Å²) in [6, 6.07) is 2.10. The molecule has 0 radical (unpaired) electrons. The highest BCUT2D eigenvalue weighted by molar-refractivity contribution is 5.51. The van der Waals surface area contributed by atoms with Gasteiger partial charge < -0.3 is 10.1 Å². The van der Waals surface area contributed by atoms with Gasteiger partial charge >= 0.3 is 0 Å². The number of rotatable bonds is 3. The number of nitrogens with one attached hydrogen (secondary N) is 1. The molecule has 0 aromatic carbocycles. The van der Waals surface area contributed by atoms with Crippen molar-refractivity contribution >= 4 is 0 Å². The second-order valence-corrected chi connectivity index (χ2v) is 4.77. The first-order valence-corrected chi connectivity index (χ1v) is 6.71. The van der Waals surface area contributed by atoms with Crippen LogP contribution < -0.4 is 10.1 Å². The van der Waals surface area contributed by atoms with Crippen LogP contribution in [-0.2, 0) is 6.42 Å². The second kappa shape index (κ2) is 5.50. The van der Waals surface area contributed by atoms with Gasteiger partial charge in [0.25, 0.3) is 0 Å². The van der Waals surface area contributed by atoms with Crippen molar-refractivity contribution in [1.29, 1.82) is 0 Å². The van der Waals surface area contributed by atoms with Gasteiger partial charge in [0.2, 0.25) is 5.88 Å². The van der Waals surface area contributed by atoms with Crippen molar-refractivity contribution in [3.05, 3.63) is 29.8 Å². The van der Waals surface area contributed by atoms with Crippen LogP contribution >= 0.6 is 0 Å². The summed E-state index contributed by atoms with van der Waals surface area (Å²) in [4.78, 5) is 17.3. The van der Waals surface area contributed by atoms with Crippen LogP contribution in [0.1, 0.15) is 30.1 Å². The van der Waals surface area contributed by atoms with Crippen molar-refractivity contribution in [1.82, 2.24) is 25.3 Å². The number of methoxy groups -OCH3 is 1. The number of aromatic nitrogens is 4. The third-order valence-electron chi connectivity index (χ3n) is 3.61. The molecule has 3 rings (SSSR count). The molecule has 1 unspecified atom stereocenters. The van der Waals surface area contributed by atoms with Gasteiger partial charge in [-0.25, -0.2) is 19.9 Å². The average Bonchev–Trinajstić information content (AvgIpc) is 2.53. The summed E-state index contributed by atoms with van der Waals surface area (Å²) < 4.78 is 5.11. The van der Waals surface area contributed by atoms with Gasteiger partial charge in [0.05, 0.1) is 7.11 Å². The Morgan fingerprint density at radius 3 is 3.00 bits per heavy atom. The highest BCUT2D eigenvalue weighted by Gasteiger charge is 2.21. The summed E-state index contributed by atoms with van der Waals surface area (Å²) in [5.41, 5.74) is 2.99. The first-order valence-electron chi connectivity index (χ1n) is 6.71. The molecule has 1 N–H and O–H groups in total. The number of ether oxygens (including phenoxy) is 1. The molecule has 2 aromatic rings. The standard InChI is InChI=1S/C14H17N5O/c1-15-10-4-3-5-11-9(10)7-16-14(19-11)12-6-13(20-2)18-8-17-12/h6-8,10,15H,3-5H2,1-2H3. The maximum atomic E-state index is 5.11. The smallest absolute Gasteiger partial charge is 0.216 e. The zero-order valence-corrected chi connectivity index (χ0v) is 11.6. The summed E-state index contributed by atoms with van der Waals surface area (Å²) in [7, 11) is 3.56. The zero-order valence-electron chi connectivity index (χ0n) is 11.6. The molecule has 1 aliphatic rings. The quantitative estimate of drug-likeness (QED) is 0.913. The largest absolute Gasteiger partial charge is 0.481 e. The Balaban J connectivity index is 1.99. The molecule has 2 heterocycles. The molecular weight excluding hydrogens is 254 g/mol. The van der Waals surface area contributed by atoms with E-state index in [1.54, 1.807) is 13.2 Å². The number of aryl methyl sites for hydroxylation is 1. The first-order chi connectivity index (χ1) is 9.81. The maximum absolute atomic E-state index is 5.11. The van der Waals surface area contributed by atoms with Crippen molar-refractivity contribution in [3.8, 4) is 17.4 Å². The van der Waals surface area contributed by atoms with E-state index in [0.29, 0.717) is 23.4 Å². The molecule has 6 heteroatoms. The van der Waals surface area contributed by atoms with Gasteiger partial charge in [-0.05, 0) is 26.3 Å². The van der Waals surface area contributed by atoms with Gasteiger partial charge in [-0.1, -0.05) is 0 Å². The van der Waals surface area contributed by atoms with Crippen LogP contribution in [-0.4, -0.2) is 34.1 Å². The minimum absolute atomic E-state index is 0.354. The fourth-order valence-electron chi connectivity index (χ4n) is 2.54. The molecule has 0 aliphatic heterocycles. The summed E-state index contributed by atoms with van der Waals surface area (Å²) in [5, 5.41) is 3.31. The van der Waals surface area contributed by atoms with Crippen LogP contribution in [0.15, 0.2) is 18.6 Å². The molecule has 0 amide bonds. The van der Waals surface area contributed by atoms with Gasteiger partial charge in [-0.15, -0.1) is 0 Å². The van der Waals surface area contributed by atoms with E-state index in [2.05, 4.69) is 25.3 Å². The van der Waals surface area contributed by atoms with E-state index < -0.39 is 0 Å². The van der Waals surface area contributed by atoms with Gasteiger partial charge in [-0.3, -0.25) is 0 Å². The molecule has 1 atom stereocenters. The minimum atomic E-state index is 0.354. The van der Waals surface area contributed by atoms with Crippen molar-refractivity contribution in [2.75, 3.05) is 14.2 Å². The van der Waals surface area contributed by atoms with Gasteiger partial charge in [0.15, 0.2) is 5.82 Å². The first kappa shape index (κ1) is 12.9. The lowest BCUT2D eigenvalue weighted by Gasteiger charge is -2.24. The van der Waals surface area contributed by atoms with E-state index in [0.717, 1.165) is 25.0 Å². The highest BCUT2D eigenvalue weighted by Crippen LogP contribution is 2.29. The Kier molecular flexibility index (Phi) is 3.56. The Bertz CT molecular complexity index is 616. The maximum Gasteiger partial charge on any atom is 0.216 e. The van der Waals surface area contributed by atoms with Crippen LogP contribution in [0.25, 0.3) is 11.5 Å². The molecule has 0 fully saturated rings. The predicted molar refractivity (Wildman–Crippen MR) is 74.3 cm³/mol. The van der Waals surface area contributed by atoms with E-state index in [4.69, 9.17) is 4.74 Å². The molecule has 2 aromatic heterocycles. The molecule has 0 saturated heterocycles. The fraction of sp³-hybridized carbons (Fsp3) is 0.429. The van der Waals surface area contributed by atoms with Crippen LogP contribution in [0.2, 0.25) is 0 Å². The Labute approximate surface area is 117 Å². The van der Waals surface area contributed by atoms with Crippen molar-refractivity contribution in [3.63, 3.8) is 0 Å². The summed E-state index contributed by atoms with van der Waals surface area (Å²) in [6.45, 7) is 0. The van der Waals surface area contributed by atoms with Crippen LogP contribution in [0.4, 0.5) is 0 Å². The van der Waals surface area contributed by atoms with Gasteiger partial charge in [0, 0.05) is 29.6 Å². The van der Waals surface area contributed by atoms with E-state index in [1.807, 2.05) is 13.2 Å². The number of nitrogens with zero attached hydrogens (tertiary/aromatic N) is 4. The summed E-state index contributed by atoms with van der Waals surface area (Å²) >= 11 is 0. The Hall–Kier alpha value is -2.08. The number of hydrogen-bond donors (Lipinski definition) is 1. The SMILES string of the molecule is CNC1CCCc2nc(-c3cc(OC)ncn3)ncc21. The van der Waals surface area contributed by atoms with Crippen LogP contribution in [0, 0.1) is 0 Å². The highest BCUT2D eigenvalue weighted by atomic mass is 16.5. The van der Waals surface area contributed by atoms with Gasteiger partial charge in [0.1, 0.15) is 12.0 Å². The molecule has 6 nitrogen and oxygen atoms in total. The van der Waals surface area contributed by atoms with E-state index in [-0.39, 0.29) is 0 Å². The second-order valence-electron chi connectivity index (χ2n) is 4.77. The molecule has 0 saturated carbocycles. The molecular formula is C14H17N5O. The topological polar surface area (TPSA) is 72.8 Å². The third-order valence-corrected chi connectivity index (χ3v) is 3.61. The van der Waals surface area contributed by atoms with Crippen molar-refractivity contribution in [2.45, 2.75) is 25.3 Å². The zero-order chi connectivity index (χ0) is 13.9. The lowest BCUT2D eigenvalue weighted by molar-refractivity contribution is 0.397. The Morgan fingerprint density at radius 2 is 2.20 bits per heavy atom. The summed E-state index contributed by atoms with van der Waals surface area (Å²) in [6.07, 6.45) is 6.64. The molecule has 1 aliphatic carbocycles. The Morgan fingerprint density at radius 1 is 1.30 bits per heavy atom. The fourth-order valence-corrected chi connectivity index (χ4v) is 2.54. The van der Waals surface area contributed by atoms with Gasteiger partial charge in [-0.2, -0.15) is 0 Å². The number of hydrogen-bond acceptors (Lipinski definition) is 6. The third kappa shape index (κ3) is 2.34. The summed E-state index contributed by atoms with van der Waals surface area (Å²) in [5.74, 6) is 1.14. The molecule has 0 bridgehead atoms. The average molecular weight is 271 g/mol. The normalized spacial score (nSPS) is 17.6. The van der Waals surface area contributed by atoms with Crippen LogP contribution in [0.5, 0.6) is 5.88 Å². The lowest BCUT2D eigenvalue weighted by Crippen LogP contribution is -2.23. The number of fused-ring (bicyclic) bond motifs is 1. The van der Waals surface area contributed by atoms with Crippen molar-refractivity contribution < 1.29 is 4.74 Å². The van der Waals surface area contributed by atoms with Crippen molar-refractivity contribution in [2.24, 2.45) is 0 Å². The predicted octanol–water partition coefficient (Wildman–Crippen LogP) is 1.54. The van der Waals surface area contributed by atoms with E-state index >= 15 is 0 Å². The minimum Gasteiger partial charge on any atom is -0.481 e. The molecule has 0 spiro atoms. The molecule has 104 valence electrons. The lowest BCUT2D eigenvalue weighted by atomic mass is 9.92.